The van der Waals surface area contributed by atoms with Gasteiger partial charge in [-0.1, -0.05) is 0 Å². The predicted octanol–water partition coefficient (Wildman–Crippen LogP) is 5.24. The number of rotatable bonds is 2. The number of benzene rings is 2. The second-order valence-corrected chi connectivity index (χ2v) is 7.83. The minimum absolute atomic E-state index is 0.0448. The maximum atomic E-state index is 15.0. The van der Waals surface area contributed by atoms with Crippen LogP contribution >= 0.6 is 0 Å². The van der Waals surface area contributed by atoms with Crippen molar-refractivity contribution in [2.45, 2.75) is 6.54 Å². The van der Waals surface area contributed by atoms with Gasteiger partial charge in [0.15, 0.2) is 0 Å². The lowest BCUT2D eigenvalue weighted by Gasteiger charge is -2.09. The lowest BCUT2D eigenvalue weighted by molar-refractivity contribution is 0.552. The third-order valence-electron chi connectivity index (χ3n) is 6.06. The molecule has 0 unspecified atom stereocenters. The third kappa shape index (κ3) is 2.38. The van der Waals surface area contributed by atoms with E-state index in [1.807, 2.05) is 0 Å². The summed E-state index contributed by atoms with van der Waals surface area (Å²) in [5.41, 5.74) is 1.78. The molecule has 0 amide bonds. The quantitative estimate of drug-likeness (QED) is 0.395. The van der Waals surface area contributed by atoms with Crippen molar-refractivity contribution in [3.05, 3.63) is 82.8 Å². The summed E-state index contributed by atoms with van der Waals surface area (Å²) in [4.78, 5) is 24.3. The number of hydrogen-bond donors (Lipinski definition) is 1. The molecule has 0 fully saturated rings. The molecule has 7 nitrogen and oxygen atoms in total. The molecular formula is C24H12F2N4O3. The fourth-order valence-electron chi connectivity index (χ4n) is 4.63. The smallest absolute Gasteiger partial charge is 0.362 e. The highest BCUT2D eigenvalue weighted by Gasteiger charge is 2.24. The molecule has 0 aliphatic rings. The highest BCUT2D eigenvalue weighted by Crippen LogP contribution is 2.39. The number of aromatic amines is 1. The standard InChI is InChI=1S/C24H12F2N4O3/c25-14-7-17-16(28-10-29-17)6-11(14)9-30-18-8-15(26)12-3-5-32-22(12)20(18)19-13-2-1-4-27-23(13)33-24(31)21(19)30/h1-8,10H,9H2,(H,28,29). The van der Waals surface area contributed by atoms with E-state index in [1.165, 1.54) is 37.0 Å². The summed E-state index contributed by atoms with van der Waals surface area (Å²) in [5, 5.41) is 1.92. The van der Waals surface area contributed by atoms with Crippen molar-refractivity contribution in [1.82, 2.24) is 19.5 Å². The van der Waals surface area contributed by atoms with Gasteiger partial charge < -0.3 is 18.4 Å². The minimum atomic E-state index is -0.659. The number of hydrogen-bond acceptors (Lipinski definition) is 5. The number of fused-ring (bicyclic) bond motifs is 8. The summed E-state index contributed by atoms with van der Waals surface area (Å²) < 4.78 is 42.6. The Kier molecular flexibility index (Phi) is 3.43. The van der Waals surface area contributed by atoms with E-state index < -0.39 is 17.3 Å². The Labute approximate surface area is 181 Å². The molecule has 5 heterocycles. The van der Waals surface area contributed by atoms with Crippen LogP contribution < -0.4 is 5.63 Å². The van der Waals surface area contributed by atoms with Gasteiger partial charge in [-0.3, -0.25) is 0 Å². The summed E-state index contributed by atoms with van der Waals surface area (Å²) in [6, 6.07) is 9.30. The summed E-state index contributed by atoms with van der Waals surface area (Å²) in [5.74, 6) is -0.988. The highest BCUT2D eigenvalue weighted by atomic mass is 19.1. The number of pyridine rings is 1. The van der Waals surface area contributed by atoms with Crippen molar-refractivity contribution in [2.75, 3.05) is 0 Å². The van der Waals surface area contributed by atoms with E-state index in [0.29, 0.717) is 43.9 Å². The van der Waals surface area contributed by atoms with Gasteiger partial charge in [-0.2, -0.15) is 0 Å². The van der Waals surface area contributed by atoms with Gasteiger partial charge in [-0.05, 0) is 36.4 Å². The van der Waals surface area contributed by atoms with Crippen molar-refractivity contribution in [3.8, 4) is 0 Å². The zero-order valence-corrected chi connectivity index (χ0v) is 16.7. The Morgan fingerprint density at radius 1 is 1.03 bits per heavy atom. The fraction of sp³-hybridized carbons (Fsp3) is 0.0417. The topological polar surface area (TPSA) is 89.8 Å². The zero-order valence-electron chi connectivity index (χ0n) is 16.7. The molecule has 7 rings (SSSR count). The van der Waals surface area contributed by atoms with Gasteiger partial charge in [-0.15, -0.1) is 0 Å². The summed E-state index contributed by atoms with van der Waals surface area (Å²) in [6.07, 6.45) is 4.39. The van der Waals surface area contributed by atoms with E-state index in [0.717, 1.165) is 0 Å². The van der Waals surface area contributed by atoms with Gasteiger partial charge in [0.1, 0.15) is 22.7 Å². The van der Waals surface area contributed by atoms with Crippen LogP contribution in [0.2, 0.25) is 0 Å². The molecule has 0 radical (unpaired) electrons. The van der Waals surface area contributed by atoms with Gasteiger partial charge in [-0.25, -0.2) is 23.5 Å². The Hall–Kier alpha value is -4.53. The zero-order chi connectivity index (χ0) is 22.3. The number of imidazole rings is 1. The van der Waals surface area contributed by atoms with Gasteiger partial charge in [0.25, 0.3) is 0 Å². The molecule has 0 spiro atoms. The largest absolute Gasteiger partial charge is 0.463 e. The minimum Gasteiger partial charge on any atom is -0.463 e. The second kappa shape index (κ2) is 6.26. The van der Waals surface area contributed by atoms with Crippen LogP contribution in [0, 0.1) is 11.6 Å². The van der Waals surface area contributed by atoms with E-state index in [9.17, 15) is 13.6 Å². The molecular weight excluding hydrogens is 430 g/mol. The molecule has 33 heavy (non-hydrogen) atoms. The van der Waals surface area contributed by atoms with Crippen LogP contribution in [0.15, 0.2) is 68.8 Å². The lowest BCUT2D eigenvalue weighted by atomic mass is 10.1. The molecule has 5 aromatic heterocycles. The average molecular weight is 442 g/mol. The maximum Gasteiger partial charge on any atom is 0.362 e. The number of nitrogens with zero attached hydrogens (tertiary/aromatic N) is 3. The first-order valence-electron chi connectivity index (χ1n) is 10.1. The first kappa shape index (κ1) is 18.1. The van der Waals surface area contributed by atoms with Crippen molar-refractivity contribution >= 4 is 54.9 Å². The highest BCUT2D eigenvalue weighted by molar-refractivity contribution is 6.25. The number of aromatic nitrogens is 4. The van der Waals surface area contributed by atoms with Crippen molar-refractivity contribution in [3.63, 3.8) is 0 Å². The number of nitrogens with one attached hydrogen (secondary N) is 1. The van der Waals surface area contributed by atoms with Crippen molar-refractivity contribution in [1.29, 1.82) is 0 Å². The van der Waals surface area contributed by atoms with E-state index in [4.69, 9.17) is 8.83 Å². The van der Waals surface area contributed by atoms with E-state index >= 15 is 0 Å². The number of halogens is 2. The van der Waals surface area contributed by atoms with Crippen LogP contribution in [-0.2, 0) is 6.54 Å². The van der Waals surface area contributed by atoms with Crippen molar-refractivity contribution < 1.29 is 17.6 Å². The second-order valence-electron chi connectivity index (χ2n) is 7.83. The fourth-order valence-corrected chi connectivity index (χ4v) is 4.63. The molecule has 0 atom stereocenters. The molecule has 0 saturated heterocycles. The van der Waals surface area contributed by atoms with Crippen molar-refractivity contribution in [2.24, 2.45) is 0 Å². The summed E-state index contributed by atoms with van der Waals surface area (Å²) in [7, 11) is 0. The van der Waals surface area contributed by atoms with Crippen LogP contribution in [0.25, 0.3) is 54.9 Å². The molecule has 0 aliphatic heterocycles. The van der Waals surface area contributed by atoms with Crippen LogP contribution in [0.4, 0.5) is 8.78 Å². The first-order valence-corrected chi connectivity index (χ1v) is 10.1. The average Bonchev–Trinajstić information content (AvgIpc) is 3.52. The van der Waals surface area contributed by atoms with Gasteiger partial charge in [0, 0.05) is 22.5 Å². The summed E-state index contributed by atoms with van der Waals surface area (Å²) in [6.45, 7) is -0.0448. The molecule has 2 aromatic carbocycles. The Morgan fingerprint density at radius 2 is 1.94 bits per heavy atom. The van der Waals surface area contributed by atoms with Gasteiger partial charge in [0.05, 0.1) is 46.5 Å². The molecule has 1 N–H and O–H groups in total. The van der Waals surface area contributed by atoms with Crippen LogP contribution in [-0.4, -0.2) is 19.5 Å². The van der Waals surface area contributed by atoms with Crippen LogP contribution in [0.5, 0.6) is 0 Å². The normalized spacial score (nSPS) is 12.2. The SMILES string of the molecule is O=c1oc2ncccc2c2c3c4occc4c(F)cc3n(Cc3cc4nc[nH]c4cc3F)c12. The number of H-pyrrole nitrogens is 1. The molecule has 0 saturated carbocycles. The monoisotopic (exact) mass is 442 g/mol. The van der Waals surface area contributed by atoms with E-state index in [2.05, 4.69) is 15.0 Å². The Balaban J connectivity index is 1.67. The Morgan fingerprint density at radius 3 is 2.85 bits per heavy atom. The number of furan rings is 1. The van der Waals surface area contributed by atoms with E-state index in [-0.39, 0.29) is 23.2 Å². The molecule has 160 valence electrons. The Bertz CT molecular complexity index is 1960. The van der Waals surface area contributed by atoms with Gasteiger partial charge in [0.2, 0.25) is 5.71 Å². The van der Waals surface area contributed by atoms with Crippen LogP contribution in [0.1, 0.15) is 5.56 Å². The molecule has 0 bridgehead atoms. The summed E-state index contributed by atoms with van der Waals surface area (Å²) >= 11 is 0. The van der Waals surface area contributed by atoms with Gasteiger partial charge >= 0.3 is 5.63 Å². The molecule has 9 heteroatoms. The van der Waals surface area contributed by atoms with Crippen LogP contribution in [0.3, 0.4) is 0 Å². The lowest BCUT2D eigenvalue weighted by Crippen LogP contribution is -2.09. The molecule has 7 aromatic rings. The predicted molar refractivity (Wildman–Crippen MR) is 118 cm³/mol. The third-order valence-corrected chi connectivity index (χ3v) is 6.06. The molecule has 0 aliphatic carbocycles. The maximum absolute atomic E-state index is 15.0. The van der Waals surface area contributed by atoms with E-state index in [1.54, 1.807) is 22.8 Å². The first-order chi connectivity index (χ1) is 16.1.